The van der Waals surface area contributed by atoms with Crippen molar-refractivity contribution in [3.8, 4) is 0 Å². The van der Waals surface area contributed by atoms with E-state index in [4.69, 9.17) is 11.6 Å². The van der Waals surface area contributed by atoms with Crippen LogP contribution in [0.4, 0.5) is 5.82 Å². The first-order chi connectivity index (χ1) is 8.60. The molecule has 0 atom stereocenters. The van der Waals surface area contributed by atoms with Crippen LogP contribution in [0.3, 0.4) is 0 Å². The fraction of sp³-hybridized carbons (Fsp3) is 0.667. The van der Waals surface area contributed by atoms with Gasteiger partial charge in [-0.3, -0.25) is 0 Å². The van der Waals surface area contributed by atoms with Gasteiger partial charge < -0.3 is 4.90 Å². The number of hydrogen-bond donors (Lipinski definition) is 0. The quantitative estimate of drug-likeness (QED) is 0.533. The highest BCUT2D eigenvalue weighted by molar-refractivity contribution is 6.17. The van der Waals surface area contributed by atoms with Gasteiger partial charge in [0.05, 0.1) is 0 Å². The smallest absolute Gasteiger partial charge is 0.129 e. The lowest BCUT2D eigenvalue weighted by molar-refractivity contribution is 0.619. The van der Waals surface area contributed by atoms with E-state index in [1.54, 1.807) is 0 Å². The molecule has 0 saturated carbocycles. The van der Waals surface area contributed by atoms with Crippen LogP contribution in [0.2, 0.25) is 0 Å². The molecule has 0 aromatic carbocycles. The van der Waals surface area contributed by atoms with Gasteiger partial charge in [0.15, 0.2) is 0 Å². The maximum absolute atomic E-state index is 5.88. The van der Waals surface area contributed by atoms with Crippen LogP contribution in [-0.2, 0) is 5.88 Å². The number of unbranched alkanes of at least 4 members (excludes halogenated alkanes) is 2. The molecule has 3 heteroatoms. The summed E-state index contributed by atoms with van der Waals surface area (Å²) in [4.78, 5) is 7.06. The number of hydrogen-bond acceptors (Lipinski definition) is 2. The van der Waals surface area contributed by atoms with E-state index in [0.29, 0.717) is 11.9 Å². The van der Waals surface area contributed by atoms with Crippen molar-refractivity contribution in [2.24, 2.45) is 0 Å². The fourth-order valence-electron chi connectivity index (χ4n) is 2.05. The predicted molar refractivity (Wildman–Crippen MR) is 80.5 cm³/mol. The van der Waals surface area contributed by atoms with Gasteiger partial charge in [-0.1, -0.05) is 25.8 Å². The van der Waals surface area contributed by atoms with Gasteiger partial charge in [-0.25, -0.2) is 4.98 Å². The summed E-state index contributed by atoms with van der Waals surface area (Å²) in [6.45, 7) is 9.79. The average molecular weight is 269 g/mol. The van der Waals surface area contributed by atoms with E-state index in [1.807, 2.05) is 6.92 Å². The van der Waals surface area contributed by atoms with Gasteiger partial charge in [-0.2, -0.15) is 0 Å². The number of rotatable bonds is 7. The molecule has 0 aliphatic heterocycles. The van der Waals surface area contributed by atoms with Crippen LogP contribution in [0.1, 0.15) is 51.3 Å². The summed E-state index contributed by atoms with van der Waals surface area (Å²) in [5.41, 5.74) is 2.17. The van der Waals surface area contributed by atoms with E-state index in [1.165, 1.54) is 19.3 Å². The SMILES string of the molecule is CCCCCN(c1ccc(CCl)c(C)n1)C(C)C. The molecule has 0 spiro atoms. The number of pyridine rings is 1. The zero-order valence-electron chi connectivity index (χ0n) is 12.0. The van der Waals surface area contributed by atoms with Crippen molar-refractivity contribution in [1.82, 2.24) is 4.98 Å². The normalized spacial score (nSPS) is 11.0. The molecule has 1 aromatic rings. The van der Waals surface area contributed by atoms with Crippen molar-refractivity contribution >= 4 is 17.4 Å². The van der Waals surface area contributed by atoms with Crippen LogP contribution in [0, 0.1) is 6.92 Å². The van der Waals surface area contributed by atoms with Crippen LogP contribution in [0.25, 0.3) is 0 Å². The number of aryl methyl sites for hydroxylation is 1. The molecule has 0 aliphatic carbocycles. The summed E-state index contributed by atoms with van der Waals surface area (Å²) in [7, 11) is 0. The van der Waals surface area contributed by atoms with Crippen LogP contribution in [0.15, 0.2) is 12.1 Å². The zero-order chi connectivity index (χ0) is 13.5. The first kappa shape index (κ1) is 15.3. The Morgan fingerprint density at radius 2 is 2.00 bits per heavy atom. The molecule has 0 bridgehead atoms. The van der Waals surface area contributed by atoms with E-state index < -0.39 is 0 Å². The molecule has 0 saturated heterocycles. The van der Waals surface area contributed by atoms with Crippen molar-refractivity contribution in [3.05, 3.63) is 23.4 Å². The molecule has 1 aromatic heterocycles. The Labute approximate surface area is 116 Å². The molecule has 1 rings (SSSR count). The van der Waals surface area contributed by atoms with Gasteiger partial charge in [0, 0.05) is 24.2 Å². The molecule has 1 heterocycles. The third kappa shape index (κ3) is 4.16. The van der Waals surface area contributed by atoms with Crippen molar-refractivity contribution < 1.29 is 0 Å². The predicted octanol–water partition coefficient (Wildman–Crippen LogP) is 4.53. The highest BCUT2D eigenvalue weighted by Crippen LogP contribution is 2.19. The second kappa shape index (κ2) is 7.63. The lowest BCUT2D eigenvalue weighted by Gasteiger charge is -2.28. The number of halogens is 1. The molecule has 18 heavy (non-hydrogen) atoms. The molecular formula is C15H25ClN2. The monoisotopic (exact) mass is 268 g/mol. The Hall–Kier alpha value is -0.760. The summed E-state index contributed by atoms with van der Waals surface area (Å²) in [5, 5.41) is 0. The average Bonchev–Trinajstić information content (AvgIpc) is 2.34. The first-order valence-electron chi connectivity index (χ1n) is 6.89. The van der Waals surface area contributed by atoms with E-state index in [-0.39, 0.29) is 0 Å². The lowest BCUT2D eigenvalue weighted by Crippen LogP contribution is -2.32. The maximum Gasteiger partial charge on any atom is 0.129 e. The van der Waals surface area contributed by atoms with Crippen LogP contribution < -0.4 is 4.90 Å². The summed E-state index contributed by atoms with van der Waals surface area (Å²) in [5.74, 6) is 1.61. The van der Waals surface area contributed by atoms with Crippen LogP contribution in [-0.4, -0.2) is 17.6 Å². The summed E-state index contributed by atoms with van der Waals surface area (Å²) in [6, 6.07) is 4.67. The van der Waals surface area contributed by atoms with Gasteiger partial charge >= 0.3 is 0 Å². The van der Waals surface area contributed by atoms with Crippen molar-refractivity contribution in [1.29, 1.82) is 0 Å². The first-order valence-corrected chi connectivity index (χ1v) is 7.42. The van der Waals surface area contributed by atoms with Crippen molar-refractivity contribution in [3.63, 3.8) is 0 Å². The minimum Gasteiger partial charge on any atom is -0.354 e. The number of nitrogens with zero attached hydrogens (tertiary/aromatic N) is 2. The molecule has 0 N–H and O–H groups in total. The molecule has 0 radical (unpaired) electrons. The Bertz CT molecular complexity index is 364. The van der Waals surface area contributed by atoms with Crippen LogP contribution >= 0.6 is 11.6 Å². The Morgan fingerprint density at radius 1 is 1.28 bits per heavy atom. The lowest BCUT2D eigenvalue weighted by atomic mass is 10.2. The topological polar surface area (TPSA) is 16.1 Å². The van der Waals surface area contributed by atoms with E-state index >= 15 is 0 Å². The van der Waals surface area contributed by atoms with Gasteiger partial charge in [0.25, 0.3) is 0 Å². The molecule has 2 nitrogen and oxygen atoms in total. The van der Waals surface area contributed by atoms with E-state index in [9.17, 15) is 0 Å². The number of alkyl halides is 1. The molecule has 0 fully saturated rings. The zero-order valence-corrected chi connectivity index (χ0v) is 12.8. The van der Waals surface area contributed by atoms with E-state index in [0.717, 1.165) is 23.6 Å². The maximum atomic E-state index is 5.88. The minimum absolute atomic E-state index is 0.482. The highest BCUT2D eigenvalue weighted by Gasteiger charge is 2.12. The van der Waals surface area contributed by atoms with Gasteiger partial charge in [0.1, 0.15) is 5.82 Å². The van der Waals surface area contributed by atoms with Crippen molar-refractivity contribution in [2.75, 3.05) is 11.4 Å². The summed E-state index contributed by atoms with van der Waals surface area (Å²) in [6.07, 6.45) is 3.76. The largest absolute Gasteiger partial charge is 0.354 e. The number of anilines is 1. The third-order valence-corrected chi connectivity index (χ3v) is 3.53. The van der Waals surface area contributed by atoms with Crippen molar-refractivity contribution in [2.45, 2.75) is 58.9 Å². The van der Waals surface area contributed by atoms with Gasteiger partial charge in [-0.05, 0) is 38.8 Å². The van der Waals surface area contributed by atoms with E-state index in [2.05, 4.69) is 42.8 Å². The second-order valence-corrected chi connectivity index (χ2v) is 5.31. The standard InChI is InChI=1S/C15H25ClN2/c1-5-6-7-10-18(12(2)3)15-9-8-14(11-16)13(4)17-15/h8-9,12H,5-7,10-11H2,1-4H3. The van der Waals surface area contributed by atoms with Crippen LogP contribution in [0.5, 0.6) is 0 Å². The number of aromatic nitrogens is 1. The molecule has 0 unspecified atom stereocenters. The Morgan fingerprint density at radius 3 is 2.50 bits per heavy atom. The van der Waals surface area contributed by atoms with Gasteiger partial charge in [0.2, 0.25) is 0 Å². The Balaban J connectivity index is 2.82. The Kier molecular flexibility index (Phi) is 6.48. The highest BCUT2D eigenvalue weighted by atomic mass is 35.5. The summed E-state index contributed by atoms with van der Waals surface area (Å²) >= 11 is 5.88. The molecular weight excluding hydrogens is 244 g/mol. The summed E-state index contributed by atoms with van der Waals surface area (Å²) < 4.78 is 0. The fourth-order valence-corrected chi connectivity index (χ4v) is 2.33. The van der Waals surface area contributed by atoms with Gasteiger partial charge in [-0.15, -0.1) is 11.6 Å². The molecule has 102 valence electrons. The molecule has 0 aliphatic rings. The second-order valence-electron chi connectivity index (χ2n) is 5.04. The minimum atomic E-state index is 0.482. The molecule has 0 amide bonds. The third-order valence-electron chi connectivity index (χ3n) is 3.24.